The van der Waals surface area contributed by atoms with E-state index in [1.54, 1.807) is 42.5 Å². The third kappa shape index (κ3) is 4.26. The number of aliphatic hydroxyl groups excluding tert-OH is 1. The van der Waals surface area contributed by atoms with Gasteiger partial charge in [0.15, 0.2) is 0 Å². The van der Waals surface area contributed by atoms with Gasteiger partial charge in [0.05, 0.1) is 18.2 Å². The lowest BCUT2D eigenvalue weighted by Crippen LogP contribution is -2.32. The number of Topliss-reactive ketones (excluding diaryl/α,β-unsaturated/α-hetero) is 1. The summed E-state index contributed by atoms with van der Waals surface area (Å²) < 4.78 is 11.1. The second-order valence-electron chi connectivity index (χ2n) is 7.34. The second kappa shape index (κ2) is 9.49. The van der Waals surface area contributed by atoms with Crippen molar-refractivity contribution in [3.8, 4) is 11.5 Å². The fraction of sp³-hybridized carbons (Fsp3) is 0.154. The van der Waals surface area contributed by atoms with Crippen LogP contribution in [0.25, 0.3) is 5.76 Å². The minimum Gasteiger partial charge on any atom is -0.507 e. The van der Waals surface area contributed by atoms with Crippen LogP contribution in [0, 0.1) is 0 Å². The highest BCUT2D eigenvalue weighted by Crippen LogP contribution is 2.40. The summed E-state index contributed by atoms with van der Waals surface area (Å²) in [7, 11) is 1.53. The number of amides is 1. The summed E-state index contributed by atoms with van der Waals surface area (Å²) in [5.74, 6) is -0.364. The van der Waals surface area contributed by atoms with E-state index < -0.39 is 17.7 Å². The van der Waals surface area contributed by atoms with E-state index in [-0.39, 0.29) is 24.5 Å². The predicted molar refractivity (Wildman–Crippen MR) is 120 cm³/mol. The Bertz CT molecular complexity index is 1140. The molecule has 0 aliphatic carbocycles. The van der Waals surface area contributed by atoms with Crippen LogP contribution in [-0.4, -0.2) is 42.0 Å². The zero-order chi connectivity index (χ0) is 22.5. The molecule has 6 nitrogen and oxygen atoms in total. The molecule has 0 radical (unpaired) electrons. The molecule has 1 saturated heterocycles. The third-order valence-corrected chi connectivity index (χ3v) is 5.28. The number of hydrogen-bond acceptors (Lipinski definition) is 5. The van der Waals surface area contributed by atoms with Gasteiger partial charge in [-0.1, -0.05) is 60.7 Å². The molecule has 1 aliphatic heterocycles. The lowest BCUT2D eigenvalue weighted by molar-refractivity contribution is -0.140. The van der Waals surface area contributed by atoms with Gasteiger partial charge in [-0.2, -0.15) is 0 Å². The molecule has 32 heavy (non-hydrogen) atoms. The molecule has 0 aromatic heterocycles. The first kappa shape index (κ1) is 21.3. The molecule has 1 aliphatic rings. The summed E-state index contributed by atoms with van der Waals surface area (Å²) in [6.45, 7) is 0.468. The smallest absolute Gasteiger partial charge is 0.295 e. The Morgan fingerprint density at radius 3 is 2.25 bits per heavy atom. The van der Waals surface area contributed by atoms with E-state index in [0.29, 0.717) is 22.6 Å². The number of aliphatic hydroxyl groups is 1. The summed E-state index contributed by atoms with van der Waals surface area (Å²) in [5.41, 5.74) is 1.18. The molecular weight excluding hydrogens is 406 g/mol. The Labute approximate surface area is 186 Å². The van der Waals surface area contributed by atoms with E-state index in [1.807, 2.05) is 42.5 Å². The van der Waals surface area contributed by atoms with E-state index in [0.717, 1.165) is 0 Å². The van der Waals surface area contributed by atoms with Crippen LogP contribution < -0.4 is 4.74 Å². The number of methoxy groups -OCH3 is 1. The summed E-state index contributed by atoms with van der Waals surface area (Å²) in [6, 6.07) is 24.5. The van der Waals surface area contributed by atoms with Crippen LogP contribution in [0.2, 0.25) is 0 Å². The number of likely N-dealkylation sites (tertiary alicyclic amines) is 1. The predicted octanol–water partition coefficient (Wildman–Crippen LogP) is 4.55. The van der Waals surface area contributed by atoms with E-state index in [9.17, 15) is 14.7 Å². The van der Waals surface area contributed by atoms with E-state index in [2.05, 4.69) is 0 Å². The highest BCUT2D eigenvalue weighted by Gasteiger charge is 2.45. The van der Waals surface area contributed by atoms with Gasteiger partial charge in [-0.05, 0) is 29.8 Å². The van der Waals surface area contributed by atoms with Crippen molar-refractivity contribution in [2.45, 2.75) is 6.04 Å². The Balaban J connectivity index is 1.79. The molecule has 6 heteroatoms. The molecule has 4 rings (SSSR count). The molecule has 0 unspecified atom stereocenters. The first-order chi connectivity index (χ1) is 15.6. The third-order valence-electron chi connectivity index (χ3n) is 5.28. The highest BCUT2D eigenvalue weighted by atomic mass is 16.5. The van der Waals surface area contributed by atoms with Gasteiger partial charge >= 0.3 is 0 Å². The molecule has 162 valence electrons. The lowest BCUT2D eigenvalue weighted by Gasteiger charge is -2.25. The first-order valence-electron chi connectivity index (χ1n) is 10.3. The van der Waals surface area contributed by atoms with Gasteiger partial charge in [-0.15, -0.1) is 0 Å². The van der Waals surface area contributed by atoms with Crippen LogP contribution in [-0.2, 0) is 14.3 Å². The van der Waals surface area contributed by atoms with Crippen LogP contribution >= 0.6 is 0 Å². The van der Waals surface area contributed by atoms with Crippen LogP contribution in [0.1, 0.15) is 17.2 Å². The fourth-order valence-corrected chi connectivity index (χ4v) is 3.77. The van der Waals surface area contributed by atoms with Crippen LogP contribution in [0.3, 0.4) is 0 Å². The standard InChI is InChI=1S/C26H23NO5/c1-31-16-15-27-23(19-11-8-14-21(17-19)32-20-12-6-3-7-13-20)22(25(29)26(27)30)24(28)18-9-4-2-5-10-18/h2-14,17,23,28H,15-16H2,1H3/b24-22+/t23-/m1/s1. The number of ether oxygens (including phenoxy) is 2. The maximum atomic E-state index is 13.0. The number of nitrogens with zero attached hydrogens (tertiary/aromatic N) is 1. The van der Waals surface area contributed by atoms with Crippen molar-refractivity contribution in [1.29, 1.82) is 0 Å². The largest absolute Gasteiger partial charge is 0.507 e. The van der Waals surface area contributed by atoms with E-state index in [1.165, 1.54) is 12.0 Å². The van der Waals surface area contributed by atoms with Gasteiger partial charge in [-0.3, -0.25) is 9.59 Å². The molecule has 1 N–H and O–H groups in total. The quantitative estimate of drug-likeness (QED) is 0.339. The van der Waals surface area contributed by atoms with Gasteiger partial charge in [-0.25, -0.2) is 0 Å². The van der Waals surface area contributed by atoms with Gasteiger partial charge in [0.1, 0.15) is 17.3 Å². The van der Waals surface area contributed by atoms with Gasteiger partial charge in [0, 0.05) is 19.2 Å². The summed E-state index contributed by atoms with van der Waals surface area (Å²) >= 11 is 0. The lowest BCUT2D eigenvalue weighted by atomic mass is 9.95. The summed E-state index contributed by atoms with van der Waals surface area (Å²) in [5, 5.41) is 11.0. The van der Waals surface area contributed by atoms with Crippen molar-refractivity contribution >= 4 is 17.4 Å². The van der Waals surface area contributed by atoms with Crippen molar-refractivity contribution in [3.63, 3.8) is 0 Å². The zero-order valence-electron chi connectivity index (χ0n) is 17.6. The van der Waals surface area contributed by atoms with E-state index in [4.69, 9.17) is 9.47 Å². The average molecular weight is 429 g/mol. The minimum absolute atomic E-state index is 0.0502. The van der Waals surface area contributed by atoms with Crippen LogP contribution in [0.5, 0.6) is 11.5 Å². The molecule has 3 aromatic carbocycles. The molecule has 1 heterocycles. The second-order valence-corrected chi connectivity index (χ2v) is 7.34. The SMILES string of the molecule is COCCN1C(=O)C(=O)/C(=C(/O)c2ccccc2)[C@H]1c1cccc(Oc2ccccc2)c1. The van der Waals surface area contributed by atoms with Gasteiger partial charge in [0.2, 0.25) is 0 Å². The minimum atomic E-state index is -0.760. The molecule has 0 spiro atoms. The number of rotatable bonds is 7. The van der Waals surface area contributed by atoms with Crippen molar-refractivity contribution in [2.24, 2.45) is 0 Å². The number of carbonyl (C=O) groups excluding carboxylic acids is 2. The van der Waals surface area contributed by atoms with Crippen LogP contribution in [0.15, 0.2) is 90.5 Å². The Kier molecular flexibility index (Phi) is 6.33. The maximum Gasteiger partial charge on any atom is 0.295 e. The monoisotopic (exact) mass is 429 g/mol. The topological polar surface area (TPSA) is 76.1 Å². The Morgan fingerprint density at radius 2 is 1.56 bits per heavy atom. The molecule has 1 atom stereocenters. The van der Waals surface area contributed by atoms with Gasteiger partial charge < -0.3 is 19.5 Å². The number of para-hydroxylation sites is 1. The maximum absolute atomic E-state index is 13.0. The highest BCUT2D eigenvalue weighted by molar-refractivity contribution is 6.46. The number of ketones is 1. The first-order valence-corrected chi connectivity index (χ1v) is 10.3. The number of carbonyl (C=O) groups is 2. The Hall–Kier alpha value is -3.90. The Morgan fingerprint density at radius 1 is 0.906 bits per heavy atom. The number of benzene rings is 3. The van der Waals surface area contributed by atoms with Gasteiger partial charge in [0.25, 0.3) is 11.7 Å². The van der Waals surface area contributed by atoms with Crippen molar-refractivity contribution in [3.05, 3.63) is 102 Å². The molecule has 3 aromatic rings. The summed E-state index contributed by atoms with van der Waals surface area (Å²) in [6.07, 6.45) is 0. The molecular formula is C26H23NO5. The average Bonchev–Trinajstić information content (AvgIpc) is 3.08. The fourth-order valence-electron chi connectivity index (χ4n) is 3.77. The molecule has 1 fully saturated rings. The number of hydrogen-bond donors (Lipinski definition) is 1. The van der Waals surface area contributed by atoms with Crippen LogP contribution in [0.4, 0.5) is 0 Å². The zero-order valence-corrected chi connectivity index (χ0v) is 17.6. The molecule has 1 amide bonds. The molecule has 0 bridgehead atoms. The van der Waals surface area contributed by atoms with Crippen molar-refractivity contribution in [2.75, 3.05) is 20.3 Å². The summed E-state index contributed by atoms with van der Waals surface area (Å²) in [4.78, 5) is 27.3. The van der Waals surface area contributed by atoms with Crippen molar-refractivity contribution in [1.82, 2.24) is 4.90 Å². The van der Waals surface area contributed by atoms with E-state index >= 15 is 0 Å². The van der Waals surface area contributed by atoms with Crippen molar-refractivity contribution < 1.29 is 24.2 Å². The molecule has 0 saturated carbocycles. The normalized spacial score (nSPS) is 17.5.